The molecule has 2 atom stereocenters. The van der Waals surface area contributed by atoms with Gasteiger partial charge in [-0.05, 0) is 86.0 Å². The van der Waals surface area contributed by atoms with Crippen LogP contribution in [0, 0.1) is 11.6 Å². The molecule has 1 spiro atoms. The summed E-state index contributed by atoms with van der Waals surface area (Å²) in [6.07, 6.45) is 7.56. The zero-order valence-corrected chi connectivity index (χ0v) is 25.7. The van der Waals surface area contributed by atoms with Gasteiger partial charge in [-0.25, -0.2) is 13.2 Å². The minimum atomic E-state index is -0.677. The van der Waals surface area contributed by atoms with E-state index in [1.165, 1.54) is 38.2 Å². The number of alkyl halides is 1. The molecule has 0 radical (unpaired) electrons. The number of aromatic hydroxyl groups is 1. The first kappa shape index (κ1) is 30.0. The third-order valence-corrected chi connectivity index (χ3v) is 9.99. The lowest BCUT2D eigenvalue weighted by Gasteiger charge is -2.47. The van der Waals surface area contributed by atoms with Crippen molar-refractivity contribution in [1.29, 1.82) is 0 Å². The average molecular weight is 622 g/mol. The monoisotopic (exact) mass is 621 g/mol. The number of benzene rings is 2. The van der Waals surface area contributed by atoms with Gasteiger partial charge in [0.1, 0.15) is 34.8 Å². The standard InChI is InChI=1S/C27H26F2N4O3.C7H12FN/c1-3-17-20(28)5-4-15-12-16(34)13-18(21(15)17)23-22(29)24-19(14-30-23)25(32-26(31-24)35-2)33-9-6-27(7-10-33)8-11-36-27;8-6-4-7-2-1-3-9(7)5-6/h4-5,12-14,34H,3,6-11H2,1-2H3;6-7H,1-5H2. The minimum absolute atomic E-state index is 0.0177. The number of ether oxygens (including phenoxy) is 2. The SMILES string of the molecule is CCc1c(F)ccc2cc(O)cc(-c3ncc4c(N5CCC6(CCO6)CC5)nc(OC)nc4c3F)c12.FC1CC2CCCN2C1. The summed E-state index contributed by atoms with van der Waals surface area (Å²) in [5.41, 5.74) is 0.749. The van der Waals surface area contributed by atoms with Gasteiger partial charge in [0.2, 0.25) is 0 Å². The van der Waals surface area contributed by atoms with Gasteiger partial charge < -0.3 is 19.5 Å². The van der Waals surface area contributed by atoms with Gasteiger partial charge in [0.25, 0.3) is 0 Å². The Bertz CT molecular complexity index is 1730. The van der Waals surface area contributed by atoms with Crippen LogP contribution in [-0.2, 0) is 11.2 Å². The molecule has 8 rings (SSSR count). The predicted octanol–water partition coefficient (Wildman–Crippen LogP) is 6.35. The lowest BCUT2D eigenvalue weighted by atomic mass is 9.84. The first-order valence-electron chi connectivity index (χ1n) is 15.9. The number of fused-ring (bicyclic) bond motifs is 3. The Morgan fingerprint density at radius 3 is 2.60 bits per heavy atom. The topological polar surface area (TPSA) is 83.8 Å². The maximum atomic E-state index is 16.2. The van der Waals surface area contributed by atoms with Crippen molar-refractivity contribution in [2.24, 2.45) is 0 Å². The summed E-state index contributed by atoms with van der Waals surface area (Å²) in [7, 11) is 1.44. The van der Waals surface area contributed by atoms with Gasteiger partial charge >= 0.3 is 6.01 Å². The maximum Gasteiger partial charge on any atom is 0.318 e. The number of pyridine rings is 1. The molecular formula is C34H38F3N5O3. The van der Waals surface area contributed by atoms with Gasteiger partial charge in [-0.2, -0.15) is 9.97 Å². The molecule has 4 aliphatic rings. The molecule has 8 nitrogen and oxygen atoms in total. The van der Waals surface area contributed by atoms with Crippen molar-refractivity contribution < 1.29 is 27.8 Å². The molecule has 0 saturated carbocycles. The Morgan fingerprint density at radius 1 is 1.11 bits per heavy atom. The van der Waals surface area contributed by atoms with E-state index >= 15 is 4.39 Å². The quantitative estimate of drug-likeness (QED) is 0.282. The Balaban J connectivity index is 0.000000308. The maximum absolute atomic E-state index is 16.2. The van der Waals surface area contributed by atoms with Crippen LogP contribution in [0.5, 0.6) is 11.8 Å². The number of anilines is 1. The summed E-state index contributed by atoms with van der Waals surface area (Å²) in [6.45, 7) is 5.93. The predicted molar refractivity (Wildman–Crippen MR) is 167 cm³/mol. The van der Waals surface area contributed by atoms with Crippen LogP contribution < -0.4 is 9.64 Å². The van der Waals surface area contributed by atoms with E-state index in [9.17, 15) is 13.9 Å². The van der Waals surface area contributed by atoms with Crippen molar-refractivity contribution in [2.45, 2.75) is 69.7 Å². The number of nitrogens with zero attached hydrogens (tertiary/aromatic N) is 5. The fourth-order valence-corrected chi connectivity index (χ4v) is 7.51. The lowest BCUT2D eigenvalue weighted by molar-refractivity contribution is -0.158. The van der Waals surface area contributed by atoms with Crippen molar-refractivity contribution in [2.75, 3.05) is 44.8 Å². The highest BCUT2D eigenvalue weighted by Gasteiger charge is 2.42. The molecule has 45 heavy (non-hydrogen) atoms. The van der Waals surface area contributed by atoms with Gasteiger partial charge in [0, 0.05) is 37.4 Å². The smallest absolute Gasteiger partial charge is 0.318 e. The molecule has 4 fully saturated rings. The van der Waals surface area contributed by atoms with Crippen LogP contribution in [0.2, 0.25) is 0 Å². The van der Waals surface area contributed by atoms with Gasteiger partial charge in [-0.3, -0.25) is 9.88 Å². The fourth-order valence-electron chi connectivity index (χ4n) is 7.51. The van der Waals surface area contributed by atoms with Gasteiger partial charge in [-0.1, -0.05) is 13.0 Å². The van der Waals surface area contributed by atoms with Crippen LogP contribution in [0.15, 0.2) is 30.5 Å². The Hall–Kier alpha value is -3.70. The highest BCUT2D eigenvalue weighted by Crippen LogP contribution is 2.41. The number of phenolic OH excluding ortho intramolecular Hbond substituents is 1. The number of phenols is 1. The summed E-state index contributed by atoms with van der Waals surface area (Å²) < 4.78 is 54.6. The molecule has 2 aromatic carbocycles. The molecule has 0 amide bonds. The molecule has 2 aromatic heterocycles. The summed E-state index contributed by atoms with van der Waals surface area (Å²) in [6, 6.07) is 6.55. The van der Waals surface area contributed by atoms with E-state index in [0.29, 0.717) is 52.1 Å². The fraction of sp³-hybridized carbons (Fsp3) is 0.500. The number of hydrogen-bond donors (Lipinski definition) is 1. The Kier molecular flexibility index (Phi) is 7.93. The van der Waals surface area contributed by atoms with Crippen molar-refractivity contribution >= 4 is 27.5 Å². The van der Waals surface area contributed by atoms with Gasteiger partial charge in [0.15, 0.2) is 5.82 Å². The molecule has 238 valence electrons. The zero-order chi connectivity index (χ0) is 31.3. The van der Waals surface area contributed by atoms with Gasteiger partial charge in [0.05, 0.1) is 24.7 Å². The summed E-state index contributed by atoms with van der Waals surface area (Å²) in [5, 5.41) is 12.0. The number of rotatable bonds is 4. The molecule has 1 N–H and O–H groups in total. The molecule has 2 unspecified atom stereocenters. The normalized spacial score (nSPS) is 22.4. The molecular weight excluding hydrogens is 583 g/mol. The number of aromatic nitrogens is 3. The van der Waals surface area contributed by atoms with Crippen molar-refractivity contribution in [3.8, 4) is 23.0 Å². The highest BCUT2D eigenvalue weighted by molar-refractivity contribution is 6.01. The third kappa shape index (κ3) is 5.43. The second-order valence-corrected chi connectivity index (χ2v) is 12.6. The molecule has 6 heterocycles. The average Bonchev–Trinajstić information content (AvgIpc) is 3.61. The zero-order valence-electron chi connectivity index (χ0n) is 25.7. The third-order valence-electron chi connectivity index (χ3n) is 9.99. The summed E-state index contributed by atoms with van der Waals surface area (Å²) in [4.78, 5) is 17.7. The van der Waals surface area contributed by atoms with Crippen molar-refractivity contribution in [1.82, 2.24) is 19.9 Å². The highest BCUT2D eigenvalue weighted by atomic mass is 19.1. The lowest BCUT2D eigenvalue weighted by Crippen LogP contribution is -2.52. The van der Waals surface area contributed by atoms with Crippen molar-refractivity contribution in [3.05, 3.63) is 47.7 Å². The van der Waals surface area contributed by atoms with Crippen LogP contribution in [0.25, 0.3) is 32.9 Å². The molecule has 11 heteroatoms. The van der Waals surface area contributed by atoms with E-state index < -0.39 is 12.0 Å². The summed E-state index contributed by atoms with van der Waals surface area (Å²) in [5.74, 6) is -0.565. The number of piperidine rings is 1. The second kappa shape index (κ2) is 11.9. The number of halogens is 3. The van der Waals surface area contributed by atoms with E-state index in [2.05, 4.69) is 24.8 Å². The largest absolute Gasteiger partial charge is 0.508 e. The number of hydrogen-bond acceptors (Lipinski definition) is 8. The number of methoxy groups -OCH3 is 1. The molecule has 0 bridgehead atoms. The first-order valence-corrected chi connectivity index (χ1v) is 15.9. The van der Waals surface area contributed by atoms with E-state index in [0.717, 1.165) is 51.9 Å². The van der Waals surface area contributed by atoms with Crippen LogP contribution >= 0.6 is 0 Å². The molecule has 0 aliphatic carbocycles. The van der Waals surface area contributed by atoms with Crippen molar-refractivity contribution in [3.63, 3.8) is 0 Å². The van der Waals surface area contributed by atoms with Crippen LogP contribution in [0.1, 0.15) is 51.0 Å². The second-order valence-electron chi connectivity index (χ2n) is 12.6. The first-order chi connectivity index (χ1) is 21.8. The van der Waals surface area contributed by atoms with E-state index in [1.807, 2.05) is 6.92 Å². The molecule has 4 aromatic rings. The minimum Gasteiger partial charge on any atom is -0.508 e. The van der Waals surface area contributed by atoms with Gasteiger partial charge in [-0.15, -0.1) is 0 Å². The number of aryl methyl sites for hydroxylation is 1. The summed E-state index contributed by atoms with van der Waals surface area (Å²) >= 11 is 0. The molecule has 4 saturated heterocycles. The van der Waals surface area contributed by atoms with E-state index in [1.54, 1.807) is 12.3 Å². The van der Waals surface area contributed by atoms with Crippen LogP contribution in [0.3, 0.4) is 0 Å². The Labute approximate surface area is 260 Å². The molecule has 4 aliphatic heterocycles. The Morgan fingerprint density at radius 2 is 1.91 bits per heavy atom. The van der Waals surface area contributed by atoms with E-state index in [-0.39, 0.29) is 34.4 Å². The van der Waals surface area contributed by atoms with E-state index in [4.69, 9.17) is 9.47 Å². The van der Waals surface area contributed by atoms with Crippen LogP contribution in [-0.4, -0.2) is 82.7 Å². The van der Waals surface area contributed by atoms with Crippen LogP contribution in [0.4, 0.5) is 19.0 Å².